The molecule has 1 aliphatic carbocycles. The van der Waals surface area contributed by atoms with Crippen molar-refractivity contribution in [3.05, 3.63) is 199 Å². The molecule has 8 aromatic rings. The highest BCUT2D eigenvalue weighted by Gasteiger charge is 2.18. The summed E-state index contributed by atoms with van der Waals surface area (Å²) in [6, 6.07) is 60.6. The summed E-state index contributed by atoms with van der Waals surface area (Å²) in [5, 5.41) is 5.25. The van der Waals surface area contributed by atoms with E-state index in [0.29, 0.717) is 5.92 Å². The van der Waals surface area contributed by atoms with Crippen LogP contribution in [0.15, 0.2) is 182 Å². The van der Waals surface area contributed by atoms with Crippen molar-refractivity contribution >= 4 is 38.3 Å². The Balaban J connectivity index is 1.01. The van der Waals surface area contributed by atoms with Gasteiger partial charge in [-0.1, -0.05) is 158 Å². The highest BCUT2D eigenvalue weighted by molar-refractivity contribution is 6.11. The Morgan fingerprint density at radius 2 is 1.16 bits per heavy atom. The molecule has 50 heavy (non-hydrogen) atoms. The van der Waals surface area contributed by atoms with Crippen molar-refractivity contribution in [2.45, 2.75) is 31.6 Å². The van der Waals surface area contributed by atoms with Crippen LogP contribution in [-0.2, 0) is 6.42 Å². The van der Waals surface area contributed by atoms with Gasteiger partial charge in [0.25, 0.3) is 0 Å². The fraction of sp³-hybridized carbons (Fsp3) is 0.102. The molecule has 0 saturated heterocycles. The molecule has 9 rings (SSSR count). The Morgan fingerprint density at radius 3 is 1.98 bits per heavy atom. The average Bonchev–Trinajstić information content (AvgIpc) is 3.53. The molecule has 0 amide bonds. The van der Waals surface area contributed by atoms with E-state index in [0.717, 1.165) is 25.7 Å². The minimum Gasteiger partial charge on any atom is -0.310 e. The van der Waals surface area contributed by atoms with Crippen LogP contribution >= 0.6 is 0 Å². The minimum atomic E-state index is 0.291. The first-order valence-corrected chi connectivity index (χ1v) is 17.9. The van der Waals surface area contributed by atoms with Gasteiger partial charge in [-0.25, -0.2) is 0 Å². The Kier molecular flexibility index (Phi) is 7.95. The number of aromatic nitrogens is 1. The fourth-order valence-corrected chi connectivity index (χ4v) is 7.97. The van der Waals surface area contributed by atoms with Gasteiger partial charge in [-0.15, -0.1) is 0 Å². The van der Waals surface area contributed by atoms with Crippen LogP contribution in [0.4, 0.5) is 0 Å². The van der Waals surface area contributed by atoms with E-state index in [1.807, 2.05) is 0 Å². The standard InChI is InChI=1S/C49H39N/c1-3-12-36(13-4-1)37-27-29-40(30-28-37)44(45-20-11-15-39-14-7-8-18-43(39)45)32-24-35-22-25-38(26-23-35)41-31-33-49-47(34-41)46-19-9-10-21-48(46)50(49)42-16-5-2-6-17-42/h1,3-5,7-23,25-31,33-34,44H,2,6,24,32H2. The smallest absolute Gasteiger partial charge is 0.0541 e. The SMILES string of the molecule is C1=CC(n2c3ccccc3c3cc(-c4ccc(CCC(c5ccc(-c6ccccc6)cc5)c5cccc6ccccc56)cc4)ccc32)=CCC1. The molecule has 1 nitrogen and oxygen atoms in total. The Morgan fingerprint density at radius 1 is 0.500 bits per heavy atom. The topological polar surface area (TPSA) is 4.93 Å². The molecule has 0 aliphatic heterocycles. The molecule has 1 heterocycles. The van der Waals surface area contributed by atoms with Crippen molar-refractivity contribution in [1.82, 2.24) is 4.57 Å². The zero-order valence-electron chi connectivity index (χ0n) is 28.2. The van der Waals surface area contributed by atoms with E-state index >= 15 is 0 Å². The van der Waals surface area contributed by atoms with Gasteiger partial charge in [-0.05, 0) is 99.7 Å². The Hall–Kier alpha value is -5.92. The molecule has 1 aromatic heterocycles. The fourth-order valence-electron chi connectivity index (χ4n) is 7.97. The quantitative estimate of drug-likeness (QED) is 0.156. The van der Waals surface area contributed by atoms with Crippen LogP contribution in [0.25, 0.3) is 60.5 Å². The third kappa shape index (κ3) is 5.65. The third-order valence-corrected chi connectivity index (χ3v) is 10.5. The molecule has 0 saturated carbocycles. The number of para-hydroxylation sites is 1. The number of hydrogen-bond donors (Lipinski definition) is 0. The van der Waals surface area contributed by atoms with Gasteiger partial charge >= 0.3 is 0 Å². The van der Waals surface area contributed by atoms with Gasteiger partial charge in [0, 0.05) is 22.4 Å². The van der Waals surface area contributed by atoms with Gasteiger partial charge in [0.15, 0.2) is 0 Å². The zero-order chi connectivity index (χ0) is 33.3. The summed E-state index contributed by atoms with van der Waals surface area (Å²) in [5.74, 6) is 0.291. The van der Waals surface area contributed by atoms with E-state index in [2.05, 4.69) is 187 Å². The van der Waals surface area contributed by atoms with Crippen molar-refractivity contribution in [3.8, 4) is 22.3 Å². The maximum atomic E-state index is 2.43. The molecular formula is C49H39N. The number of nitrogens with zero attached hydrogens (tertiary/aromatic N) is 1. The molecule has 0 fully saturated rings. The maximum absolute atomic E-state index is 2.43. The molecule has 0 radical (unpaired) electrons. The second kappa shape index (κ2) is 13.2. The number of aryl methyl sites for hydroxylation is 1. The monoisotopic (exact) mass is 641 g/mol. The highest BCUT2D eigenvalue weighted by Crippen LogP contribution is 2.38. The van der Waals surface area contributed by atoms with Crippen molar-refractivity contribution in [1.29, 1.82) is 0 Å². The highest BCUT2D eigenvalue weighted by atomic mass is 15.0. The molecule has 1 heteroatoms. The Labute approximate surface area is 294 Å². The van der Waals surface area contributed by atoms with Gasteiger partial charge in [-0.2, -0.15) is 0 Å². The second-order valence-electron chi connectivity index (χ2n) is 13.5. The van der Waals surface area contributed by atoms with Crippen LogP contribution in [0.1, 0.15) is 41.9 Å². The first kappa shape index (κ1) is 30.2. The van der Waals surface area contributed by atoms with Gasteiger partial charge in [0.05, 0.1) is 11.0 Å². The van der Waals surface area contributed by atoms with Crippen LogP contribution in [0.5, 0.6) is 0 Å². The van der Waals surface area contributed by atoms with Crippen LogP contribution in [0, 0.1) is 0 Å². The molecule has 1 aliphatic rings. The number of rotatable bonds is 8. The van der Waals surface area contributed by atoms with Gasteiger partial charge in [0.1, 0.15) is 0 Å². The summed E-state index contributed by atoms with van der Waals surface area (Å²) in [6.45, 7) is 0. The van der Waals surface area contributed by atoms with Crippen molar-refractivity contribution in [3.63, 3.8) is 0 Å². The van der Waals surface area contributed by atoms with Crippen molar-refractivity contribution in [2.24, 2.45) is 0 Å². The molecule has 7 aromatic carbocycles. The van der Waals surface area contributed by atoms with Crippen LogP contribution in [0.2, 0.25) is 0 Å². The van der Waals surface area contributed by atoms with E-state index < -0.39 is 0 Å². The van der Waals surface area contributed by atoms with E-state index in [4.69, 9.17) is 0 Å². The predicted octanol–water partition coefficient (Wildman–Crippen LogP) is 13.2. The zero-order valence-corrected chi connectivity index (χ0v) is 28.2. The molecule has 0 spiro atoms. The number of allylic oxidation sites excluding steroid dienone is 4. The lowest BCUT2D eigenvalue weighted by atomic mass is 9.83. The van der Waals surface area contributed by atoms with Crippen LogP contribution < -0.4 is 0 Å². The average molecular weight is 642 g/mol. The van der Waals surface area contributed by atoms with Crippen LogP contribution in [-0.4, -0.2) is 4.57 Å². The lowest BCUT2D eigenvalue weighted by Gasteiger charge is -2.21. The van der Waals surface area contributed by atoms with Gasteiger partial charge in [-0.3, -0.25) is 0 Å². The first-order valence-electron chi connectivity index (χ1n) is 17.9. The third-order valence-electron chi connectivity index (χ3n) is 10.5. The largest absolute Gasteiger partial charge is 0.310 e. The summed E-state index contributed by atoms with van der Waals surface area (Å²) < 4.78 is 2.43. The number of benzene rings is 7. The maximum Gasteiger partial charge on any atom is 0.0541 e. The van der Waals surface area contributed by atoms with E-state index in [1.165, 1.54) is 77.2 Å². The first-order chi connectivity index (χ1) is 24.8. The molecule has 0 N–H and O–H groups in total. The van der Waals surface area contributed by atoms with Gasteiger partial charge < -0.3 is 4.57 Å². The van der Waals surface area contributed by atoms with Crippen LogP contribution in [0.3, 0.4) is 0 Å². The molecule has 1 atom stereocenters. The molecular weight excluding hydrogens is 603 g/mol. The summed E-state index contributed by atoms with van der Waals surface area (Å²) in [5.41, 5.74) is 13.0. The molecule has 0 bridgehead atoms. The van der Waals surface area contributed by atoms with E-state index in [1.54, 1.807) is 0 Å². The van der Waals surface area contributed by atoms with Gasteiger partial charge in [0.2, 0.25) is 0 Å². The van der Waals surface area contributed by atoms with E-state index in [9.17, 15) is 0 Å². The normalized spacial score (nSPS) is 13.6. The summed E-state index contributed by atoms with van der Waals surface area (Å²) in [4.78, 5) is 0. The molecule has 1 unspecified atom stereocenters. The van der Waals surface area contributed by atoms with E-state index in [-0.39, 0.29) is 0 Å². The summed E-state index contributed by atoms with van der Waals surface area (Å²) >= 11 is 0. The summed E-state index contributed by atoms with van der Waals surface area (Å²) in [7, 11) is 0. The van der Waals surface area contributed by atoms with Crippen molar-refractivity contribution in [2.75, 3.05) is 0 Å². The predicted molar refractivity (Wildman–Crippen MR) is 214 cm³/mol. The summed E-state index contributed by atoms with van der Waals surface area (Å²) in [6.07, 6.45) is 11.2. The Bertz CT molecular complexity index is 2510. The second-order valence-corrected chi connectivity index (χ2v) is 13.5. The number of hydrogen-bond acceptors (Lipinski definition) is 0. The molecule has 240 valence electrons. The number of fused-ring (bicyclic) bond motifs is 4. The minimum absolute atomic E-state index is 0.291. The lowest BCUT2D eigenvalue weighted by Crippen LogP contribution is -2.04. The lowest BCUT2D eigenvalue weighted by molar-refractivity contribution is 0.720. The van der Waals surface area contributed by atoms with Crippen molar-refractivity contribution < 1.29 is 0 Å².